The molecule has 0 aromatic carbocycles. The molecule has 0 aromatic rings. The standard InChI is InChI=1S/C6H4Cl6O2/c1-3(5(7,8)9)2-4(13)14-6(10,11)12/h2H,1H3/b3-2-. The van der Waals surface area contributed by atoms with Gasteiger partial charge >= 0.3 is 9.95 Å². The minimum Gasteiger partial charge on any atom is -0.411 e. The number of ether oxygens (including phenoxy) is 1. The zero-order chi connectivity index (χ0) is 11.6. The Morgan fingerprint density at radius 3 is 1.86 bits per heavy atom. The molecule has 14 heavy (non-hydrogen) atoms. The number of alkyl halides is 6. The van der Waals surface area contributed by atoms with E-state index in [9.17, 15) is 4.79 Å². The molecule has 0 heterocycles. The molecule has 0 amide bonds. The monoisotopic (exact) mass is 318 g/mol. The Bertz CT molecular complexity index is 248. The Balaban J connectivity index is 4.46. The molecular weight excluding hydrogens is 317 g/mol. The van der Waals surface area contributed by atoms with Crippen LogP contribution in [0.2, 0.25) is 0 Å². The zero-order valence-corrected chi connectivity index (χ0v) is 11.2. The first kappa shape index (κ1) is 14.9. The summed E-state index contributed by atoms with van der Waals surface area (Å²) in [4.78, 5) is 11.0. The molecule has 0 N–H and O–H groups in total. The van der Waals surface area contributed by atoms with Crippen molar-refractivity contribution in [3.05, 3.63) is 11.6 Å². The molecule has 0 aromatic heterocycles. The second kappa shape index (κ2) is 5.33. The van der Waals surface area contributed by atoms with E-state index in [0.717, 1.165) is 6.08 Å². The van der Waals surface area contributed by atoms with Crippen molar-refractivity contribution < 1.29 is 9.53 Å². The fourth-order valence-electron chi connectivity index (χ4n) is 0.402. The predicted molar refractivity (Wildman–Crippen MR) is 60.4 cm³/mol. The summed E-state index contributed by atoms with van der Waals surface area (Å²) in [7, 11) is 0. The number of allylic oxidation sites excluding steroid dienone is 1. The van der Waals surface area contributed by atoms with Crippen molar-refractivity contribution in [1.29, 1.82) is 0 Å². The van der Waals surface area contributed by atoms with Gasteiger partial charge < -0.3 is 4.74 Å². The van der Waals surface area contributed by atoms with Crippen molar-refractivity contribution in [3.63, 3.8) is 0 Å². The van der Waals surface area contributed by atoms with E-state index < -0.39 is 13.7 Å². The molecule has 2 nitrogen and oxygen atoms in total. The van der Waals surface area contributed by atoms with Crippen LogP contribution in [0.1, 0.15) is 6.92 Å². The topological polar surface area (TPSA) is 26.3 Å². The molecule has 0 rings (SSSR count). The highest BCUT2D eigenvalue weighted by molar-refractivity contribution is 6.69. The van der Waals surface area contributed by atoms with Crippen LogP contribution in [0, 0.1) is 0 Å². The number of hydrogen-bond donors (Lipinski definition) is 0. The second-order valence-corrected chi connectivity index (χ2v) is 6.65. The van der Waals surface area contributed by atoms with Gasteiger partial charge in [0.25, 0.3) is 0 Å². The third kappa shape index (κ3) is 7.27. The second-order valence-electron chi connectivity index (χ2n) is 2.19. The smallest absolute Gasteiger partial charge is 0.341 e. The predicted octanol–water partition coefficient (Wildman–Crippen LogP) is 4.17. The quantitative estimate of drug-likeness (QED) is 0.412. The molecule has 0 aliphatic heterocycles. The summed E-state index contributed by atoms with van der Waals surface area (Å²) in [5.41, 5.74) is 0.154. The molecule has 0 aliphatic rings. The molecule has 0 radical (unpaired) electrons. The largest absolute Gasteiger partial charge is 0.411 e. The maximum absolute atomic E-state index is 11.0. The van der Waals surface area contributed by atoms with Gasteiger partial charge in [-0.1, -0.05) is 34.8 Å². The van der Waals surface area contributed by atoms with Gasteiger partial charge in [-0.25, -0.2) is 4.79 Å². The zero-order valence-electron chi connectivity index (χ0n) is 6.66. The molecule has 0 bridgehead atoms. The molecule has 0 aliphatic carbocycles. The Kier molecular flexibility index (Phi) is 5.69. The van der Waals surface area contributed by atoms with Crippen molar-refractivity contribution in [2.75, 3.05) is 0 Å². The summed E-state index contributed by atoms with van der Waals surface area (Å²) >= 11 is 31.9. The van der Waals surface area contributed by atoms with Gasteiger partial charge in [0.2, 0.25) is 3.79 Å². The Hall–Kier alpha value is 0.950. The summed E-state index contributed by atoms with van der Waals surface area (Å²) < 4.78 is 0.497. The van der Waals surface area contributed by atoms with Crippen LogP contribution in [-0.2, 0) is 9.53 Å². The first-order valence-corrected chi connectivity index (χ1v) is 5.34. The first-order valence-electron chi connectivity index (χ1n) is 3.07. The van der Waals surface area contributed by atoms with E-state index >= 15 is 0 Å². The Morgan fingerprint density at radius 2 is 1.57 bits per heavy atom. The van der Waals surface area contributed by atoms with E-state index in [1.54, 1.807) is 0 Å². The van der Waals surface area contributed by atoms with Crippen molar-refractivity contribution >= 4 is 75.6 Å². The van der Waals surface area contributed by atoms with Gasteiger partial charge in [0.05, 0.1) is 0 Å². The molecule has 0 unspecified atom stereocenters. The molecular formula is C6H4Cl6O2. The minimum atomic E-state index is -2.12. The van der Waals surface area contributed by atoms with Crippen molar-refractivity contribution in [2.45, 2.75) is 14.7 Å². The molecule has 0 saturated carbocycles. The van der Waals surface area contributed by atoms with E-state index in [0.29, 0.717) is 0 Å². The van der Waals surface area contributed by atoms with Gasteiger partial charge in [-0.3, -0.25) is 0 Å². The van der Waals surface area contributed by atoms with Crippen molar-refractivity contribution in [1.82, 2.24) is 0 Å². The lowest BCUT2D eigenvalue weighted by Crippen LogP contribution is -2.16. The molecule has 0 saturated heterocycles. The number of hydrogen-bond acceptors (Lipinski definition) is 2. The highest BCUT2D eigenvalue weighted by Gasteiger charge is 2.27. The summed E-state index contributed by atoms with van der Waals surface area (Å²) in [6.07, 6.45) is 0.925. The van der Waals surface area contributed by atoms with E-state index in [-0.39, 0.29) is 5.57 Å². The molecule has 0 fully saturated rings. The number of rotatable bonds is 1. The molecule has 82 valence electrons. The number of esters is 1. The fourth-order valence-corrected chi connectivity index (χ4v) is 0.794. The minimum absolute atomic E-state index is 0.154. The van der Waals surface area contributed by atoms with Gasteiger partial charge in [-0.15, -0.1) is 0 Å². The summed E-state index contributed by atoms with van der Waals surface area (Å²) in [5.74, 6) is -0.908. The number of carbonyl (C=O) groups excluding carboxylic acids is 1. The van der Waals surface area contributed by atoms with Gasteiger partial charge in [0.15, 0.2) is 0 Å². The highest BCUT2D eigenvalue weighted by atomic mass is 35.6. The lowest BCUT2D eigenvalue weighted by atomic mass is 10.3. The van der Waals surface area contributed by atoms with E-state index in [4.69, 9.17) is 69.6 Å². The molecule has 8 heteroatoms. The van der Waals surface area contributed by atoms with Crippen LogP contribution in [-0.4, -0.2) is 13.7 Å². The Labute approximate surface area is 111 Å². The number of halogens is 6. The van der Waals surface area contributed by atoms with Gasteiger partial charge in [-0.2, -0.15) is 0 Å². The summed E-state index contributed by atoms with van der Waals surface area (Å²) in [5, 5.41) is 0. The fraction of sp³-hybridized carbons (Fsp3) is 0.500. The molecule has 0 spiro atoms. The van der Waals surface area contributed by atoms with Crippen molar-refractivity contribution in [3.8, 4) is 0 Å². The van der Waals surface area contributed by atoms with E-state index in [1.807, 2.05) is 0 Å². The van der Waals surface area contributed by atoms with Crippen LogP contribution < -0.4 is 0 Å². The van der Waals surface area contributed by atoms with Crippen LogP contribution in [0.5, 0.6) is 0 Å². The highest BCUT2D eigenvalue weighted by Crippen LogP contribution is 2.34. The average molecular weight is 321 g/mol. The normalized spacial score (nSPS) is 14.1. The Morgan fingerprint density at radius 1 is 1.14 bits per heavy atom. The van der Waals surface area contributed by atoms with Gasteiger partial charge in [0.1, 0.15) is 0 Å². The molecule has 0 atom stereocenters. The third-order valence-corrected chi connectivity index (χ3v) is 2.12. The van der Waals surface area contributed by atoms with Crippen LogP contribution in [0.15, 0.2) is 11.6 Å². The van der Waals surface area contributed by atoms with Crippen LogP contribution in [0.25, 0.3) is 0 Å². The van der Waals surface area contributed by atoms with Crippen molar-refractivity contribution in [2.24, 2.45) is 0 Å². The number of carbonyl (C=O) groups is 1. The van der Waals surface area contributed by atoms with Crippen LogP contribution in [0.3, 0.4) is 0 Å². The van der Waals surface area contributed by atoms with E-state index in [1.165, 1.54) is 6.92 Å². The maximum atomic E-state index is 11.0. The average Bonchev–Trinajstić information content (AvgIpc) is 1.79. The summed E-state index contributed by atoms with van der Waals surface area (Å²) in [6.45, 7) is 1.42. The van der Waals surface area contributed by atoms with Crippen LogP contribution in [0.4, 0.5) is 0 Å². The third-order valence-electron chi connectivity index (χ3n) is 0.998. The van der Waals surface area contributed by atoms with Gasteiger partial charge in [0, 0.05) is 6.08 Å². The summed E-state index contributed by atoms with van der Waals surface area (Å²) in [6, 6.07) is 0. The van der Waals surface area contributed by atoms with E-state index in [2.05, 4.69) is 4.74 Å². The first-order chi connectivity index (χ1) is 6.02. The lowest BCUT2D eigenvalue weighted by Gasteiger charge is -2.13. The maximum Gasteiger partial charge on any atom is 0.341 e. The van der Waals surface area contributed by atoms with Crippen LogP contribution >= 0.6 is 69.6 Å². The SMILES string of the molecule is C/C(=C/C(=O)OC(Cl)(Cl)Cl)C(Cl)(Cl)Cl. The lowest BCUT2D eigenvalue weighted by molar-refractivity contribution is -0.138. The van der Waals surface area contributed by atoms with Gasteiger partial charge in [-0.05, 0) is 47.3 Å².